The number of nitrogens with zero attached hydrogens (tertiary/aromatic N) is 2. The van der Waals surface area contributed by atoms with Crippen molar-refractivity contribution in [3.63, 3.8) is 0 Å². The third-order valence-electron chi connectivity index (χ3n) is 3.45. The van der Waals surface area contributed by atoms with E-state index in [9.17, 15) is 9.18 Å². The van der Waals surface area contributed by atoms with Gasteiger partial charge in [0.25, 0.3) is 5.91 Å². The number of nitrogens with one attached hydrogen (secondary N) is 2. The first-order chi connectivity index (χ1) is 12.5. The Labute approximate surface area is 154 Å². The molecule has 3 aromatic rings. The third kappa shape index (κ3) is 4.15. The zero-order valence-electron chi connectivity index (χ0n) is 13.3. The maximum absolute atomic E-state index is 13.1. The van der Waals surface area contributed by atoms with Crippen molar-refractivity contribution in [2.45, 2.75) is 0 Å². The molecule has 0 unspecified atom stereocenters. The zero-order chi connectivity index (χ0) is 18.5. The standard InChI is InChI=1S/C19H12ClFN4O/c20-16-9-14(4-6-17(16)21)25-19(26)18-7-5-15(11-23-18)24-13-3-1-2-12(8-13)10-22/h1-9,11,24H,(H,25,26). The van der Waals surface area contributed by atoms with Gasteiger partial charge in [-0.25, -0.2) is 9.37 Å². The molecule has 1 aromatic heterocycles. The molecule has 0 bridgehead atoms. The van der Waals surface area contributed by atoms with E-state index in [4.69, 9.17) is 16.9 Å². The van der Waals surface area contributed by atoms with E-state index >= 15 is 0 Å². The smallest absolute Gasteiger partial charge is 0.274 e. The highest BCUT2D eigenvalue weighted by molar-refractivity contribution is 6.31. The highest BCUT2D eigenvalue weighted by Crippen LogP contribution is 2.20. The van der Waals surface area contributed by atoms with Gasteiger partial charge in [0, 0.05) is 11.4 Å². The number of aromatic nitrogens is 1. The Hall–Kier alpha value is -3.43. The average molecular weight is 367 g/mol. The number of carbonyl (C=O) groups is 1. The number of anilines is 3. The second kappa shape index (κ2) is 7.64. The topological polar surface area (TPSA) is 77.8 Å². The average Bonchev–Trinajstić information content (AvgIpc) is 2.65. The van der Waals surface area contributed by atoms with Crippen LogP contribution < -0.4 is 10.6 Å². The first-order valence-electron chi connectivity index (χ1n) is 7.55. The summed E-state index contributed by atoms with van der Waals surface area (Å²) in [6.07, 6.45) is 1.51. The fourth-order valence-electron chi connectivity index (χ4n) is 2.20. The molecule has 0 saturated carbocycles. The van der Waals surface area contributed by atoms with Gasteiger partial charge in [0.2, 0.25) is 0 Å². The van der Waals surface area contributed by atoms with Gasteiger partial charge in [-0.2, -0.15) is 5.26 Å². The Bertz CT molecular complexity index is 999. The number of hydrogen-bond acceptors (Lipinski definition) is 4. The highest BCUT2D eigenvalue weighted by Gasteiger charge is 2.09. The van der Waals surface area contributed by atoms with Crippen molar-refractivity contribution in [1.29, 1.82) is 5.26 Å². The molecule has 0 atom stereocenters. The molecule has 1 heterocycles. The number of hydrogen-bond donors (Lipinski definition) is 2. The predicted octanol–water partition coefficient (Wildman–Crippen LogP) is 4.74. The van der Waals surface area contributed by atoms with Crippen LogP contribution in [0.1, 0.15) is 16.1 Å². The van der Waals surface area contributed by atoms with Crippen LogP contribution in [-0.2, 0) is 0 Å². The molecular formula is C19H12ClFN4O. The molecule has 0 aliphatic rings. The summed E-state index contributed by atoms with van der Waals surface area (Å²) in [6.45, 7) is 0. The number of pyridine rings is 1. The van der Waals surface area contributed by atoms with Crippen LogP contribution in [0.15, 0.2) is 60.8 Å². The number of carbonyl (C=O) groups excluding carboxylic acids is 1. The summed E-state index contributed by atoms with van der Waals surface area (Å²) in [5, 5.41) is 14.5. The lowest BCUT2D eigenvalue weighted by Gasteiger charge is -2.08. The number of halogens is 2. The molecule has 2 aromatic carbocycles. The minimum Gasteiger partial charge on any atom is -0.354 e. The van der Waals surface area contributed by atoms with Crippen LogP contribution >= 0.6 is 11.6 Å². The van der Waals surface area contributed by atoms with Gasteiger partial charge < -0.3 is 10.6 Å². The summed E-state index contributed by atoms with van der Waals surface area (Å²) in [6, 6.07) is 16.2. The summed E-state index contributed by atoms with van der Waals surface area (Å²) in [4.78, 5) is 16.3. The van der Waals surface area contributed by atoms with Gasteiger partial charge in [0.1, 0.15) is 11.5 Å². The molecule has 0 radical (unpaired) electrons. The molecule has 7 heteroatoms. The van der Waals surface area contributed by atoms with Crippen molar-refractivity contribution in [1.82, 2.24) is 4.98 Å². The Kier molecular flexibility index (Phi) is 5.11. The van der Waals surface area contributed by atoms with Crippen LogP contribution in [0, 0.1) is 17.1 Å². The Morgan fingerprint density at radius 2 is 1.88 bits per heavy atom. The predicted molar refractivity (Wildman–Crippen MR) is 98.0 cm³/mol. The zero-order valence-corrected chi connectivity index (χ0v) is 14.1. The first kappa shape index (κ1) is 17.4. The minimum absolute atomic E-state index is 0.0742. The van der Waals surface area contributed by atoms with Crippen molar-refractivity contribution >= 4 is 34.6 Å². The molecule has 2 N–H and O–H groups in total. The summed E-state index contributed by atoms with van der Waals surface area (Å²) < 4.78 is 13.1. The number of benzene rings is 2. The van der Waals surface area contributed by atoms with Crippen molar-refractivity contribution in [2.75, 3.05) is 10.6 Å². The summed E-state index contributed by atoms with van der Waals surface area (Å²) in [7, 11) is 0. The highest BCUT2D eigenvalue weighted by atomic mass is 35.5. The summed E-state index contributed by atoms with van der Waals surface area (Å²) in [5.74, 6) is -0.996. The number of nitriles is 1. The Morgan fingerprint density at radius 3 is 2.58 bits per heavy atom. The van der Waals surface area contributed by atoms with Crippen molar-refractivity contribution in [2.24, 2.45) is 0 Å². The second-order valence-electron chi connectivity index (χ2n) is 5.33. The summed E-state index contributed by atoms with van der Waals surface area (Å²) >= 11 is 5.69. The number of rotatable bonds is 4. The molecular weight excluding hydrogens is 355 g/mol. The fourth-order valence-corrected chi connectivity index (χ4v) is 2.38. The second-order valence-corrected chi connectivity index (χ2v) is 5.74. The molecule has 5 nitrogen and oxygen atoms in total. The molecule has 0 spiro atoms. The molecule has 0 aliphatic carbocycles. The largest absolute Gasteiger partial charge is 0.354 e. The third-order valence-corrected chi connectivity index (χ3v) is 3.74. The lowest BCUT2D eigenvalue weighted by molar-refractivity contribution is 0.102. The van der Waals surface area contributed by atoms with Gasteiger partial charge in [0.05, 0.1) is 28.5 Å². The Balaban J connectivity index is 1.69. The normalized spacial score (nSPS) is 10.0. The van der Waals surface area contributed by atoms with Crippen LogP contribution in [0.2, 0.25) is 5.02 Å². The molecule has 1 amide bonds. The van der Waals surface area contributed by atoms with Gasteiger partial charge in [-0.3, -0.25) is 4.79 Å². The van der Waals surface area contributed by atoms with Crippen molar-refractivity contribution < 1.29 is 9.18 Å². The van der Waals surface area contributed by atoms with E-state index in [0.717, 1.165) is 5.69 Å². The van der Waals surface area contributed by atoms with E-state index in [0.29, 0.717) is 16.9 Å². The van der Waals surface area contributed by atoms with Crippen molar-refractivity contribution in [3.05, 3.63) is 82.9 Å². The van der Waals surface area contributed by atoms with Gasteiger partial charge in [-0.1, -0.05) is 17.7 Å². The molecule has 0 saturated heterocycles. The van der Waals surface area contributed by atoms with E-state index in [2.05, 4.69) is 21.7 Å². The van der Waals surface area contributed by atoms with Crippen LogP contribution in [0.3, 0.4) is 0 Å². The van der Waals surface area contributed by atoms with Crippen molar-refractivity contribution in [3.8, 4) is 6.07 Å². The van der Waals surface area contributed by atoms with E-state index in [1.54, 1.807) is 30.3 Å². The SMILES string of the molecule is N#Cc1cccc(Nc2ccc(C(=O)Nc3ccc(F)c(Cl)c3)nc2)c1. The van der Waals surface area contributed by atoms with E-state index in [-0.39, 0.29) is 10.7 Å². The molecule has 26 heavy (non-hydrogen) atoms. The van der Waals surface area contributed by atoms with Gasteiger partial charge in [-0.15, -0.1) is 0 Å². The van der Waals surface area contributed by atoms with Crippen LogP contribution in [0.4, 0.5) is 21.5 Å². The first-order valence-corrected chi connectivity index (χ1v) is 7.92. The van der Waals surface area contributed by atoms with E-state index in [1.807, 2.05) is 6.07 Å². The quantitative estimate of drug-likeness (QED) is 0.699. The van der Waals surface area contributed by atoms with Gasteiger partial charge >= 0.3 is 0 Å². The monoisotopic (exact) mass is 366 g/mol. The van der Waals surface area contributed by atoms with Crippen LogP contribution in [0.5, 0.6) is 0 Å². The van der Waals surface area contributed by atoms with Gasteiger partial charge in [-0.05, 0) is 48.5 Å². The molecule has 0 fully saturated rings. The van der Waals surface area contributed by atoms with Gasteiger partial charge in [0.15, 0.2) is 0 Å². The number of amides is 1. The van der Waals surface area contributed by atoms with Crippen LogP contribution in [-0.4, -0.2) is 10.9 Å². The molecule has 0 aliphatic heterocycles. The Morgan fingerprint density at radius 1 is 1.08 bits per heavy atom. The fraction of sp³-hybridized carbons (Fsp3) is 0. The lowest BCUT2D eigenvalue weighted by atomic mass is 10.2. The molecule has 128 valence electrons. The van der Waals surface area contributed by atoms with E-state index < -0.39 is 11.7 Å². The summed E-state index contributed by atoms with van der Waals surface area (Å²) in [5.41, 5.74) is 2.52. The maximum Gasteiger partial charge on any atom is 0.274 e. The van der Waals surface area contributed by atoms with E-state index in [1.165, 1.54) is 24.4 Å². The lowest BCUT2D eigenvalue weighted by Crippen LogP contribution is -2.13. The maximum atomic E-state index is 13.1. The molecule has 3 rings (SSSR count). The minimum atomic E-state index is -0.557. The van der Waals surface area contributed by atoms with Crippen LogP contribution in [0.25, 0.3) is 0 Å².